The van der Waals surface area contributed by atoms with E-state index in [1.165, 1.54) is 0 Å². The van der Waals surface area contributed by atoms with Crippen LogP contribution in [0.4, 0.5) is 4.79 Å². The van der Waals surface area contributed by atoms with Gasteiger partial charge in [-0.3, -0.25) is 14.9 Å². The first-order chi connectivity index (χ1) is 5.09. The topological polar surface area (TPSA) is 75.3 Å². The number of hydrogen-bond acceptors (Lipinski definition) is 3. The van der Waals surface area contributed by atoms with E-state index in [1.54, 1.807) is 0 Å². The van der Waals surface area contributed by atoms with Crippen molar-refractivity contribution in [3.8, 4) is 0 Å². The molecular weight excluding hydrogens is 172 g/mol. The van der Waals surface area contributed by atoms with Gasteiger partial charge in [0.05, 0.1) is 6.42 Å². The zero-order chi connectivity index (χ0) is 8.43. The summed E-state index contributed by atoms with van der Waals surface area (Å²) in [7, 11) is 0. The third-order valence-corrected chi connectivity index (χ3v) is 1.38. The molecule has 1 saturated heterocycles. The third-order valence-electron chi connectivity index (χ3n) is 1.22. The largest absolute Gasteiger partial charge is 0.325 e. The minimum atomic E-state index is -0.799. The van der Waals surface area contributed by atoms with Gasteiger partial charge >= 0.3 is 6.03 Å². The number of imide groups is 1. The minimum Gasteiger partial charge on any atom is -0.325 e. The molecule has 0 bridgehead atoms. The highest BCUT2D eigenvalue weighted by atomic mass is 35.5. The van der Waals surface area contributed by atoms with Gasteiger partial charge in [-0.05, 0) is 11.6 Å². The van der Waals surface area contributed by atoms with Gasteiger partial charge in [0.1, 0.15) is 6.04 Å². The van der Waals surface area contributed by atoms with Crippen molar-refractivity contribution in [2.24, 2.45) is 0 Å². The van der Waals surface area contributed by atoms with E-state index >= 15 is 0 Å². The third kappa shape index (κ3) is 1.91. The maximum Gasteiger partial charge on any atom is 0.322 e. The van der Waals surface area contributed by atoms with Crippen molar-refractivity contribution in [1.29, 1.82) is 0 Å². The lowest BCUT2D eigenvalue weighted by atomic mass is 10.2. The number of rotatable bonds is 2. The molecule has 1 rings (SSSR count). The number of amides is 3. The standard InChI is InChI=1S/C5H5ClN2O3/c6-3(9)1-2-4(10)8-5(11)7-2/h2H,1H2,(H2,7,8,10,11). The first-order valence-corrected chi connectivity index (χ1v) is 3.27. The van der Waals surface area contributed by atoms with Gasteiger partial charge in [-0.1, -0.05) is 0 Å². The number of carbonyl (C=O) groups excluding carboxylic acids is 3. The first-order valence-electron chi connectivity index (χ1n) is 2.89. The first kappa shape index (κ1) is 8.00. The Labute approximate surface area is 67.1 Å². The van der Waals surface area contributed by atoms with Gasteiger partial charge in [0.15, 0.2) is 0 Å². The van der Waals surface area contributed by atoms with Gasteiger partial charge in [-0.15, -0.1) is 0 Å². The van der Waals surface area contributed by atoms with E-state index in [9.17, 15) is 14.4 Å². The summed E-state index contributed by atoms with van der Waals surface area (Å²) in [5.41, 5.74) is 0. The van der Waals surface area contributed by atoms with Crippen molar-refractivity contribution in [3.05, 3.63) is 0 Å². The lowest BCUT2D eigenvalue weighted by Gasteiger charge is -2.00. The van der Waals surface area contributed by atoms with E-state index in [2.05, 4.69) is 5.32 Å². The van der Waals surface area contributed by atoms with Crippen molar-refractivity contribution in [2.75, 3.05) is 0 Å². The Morgan fingerprint density at radius 1 is 1.55 bits per heavy atom. The summed E-state index contributed by atoms with van der Waals surface area (Å²) in [4.78, 5) is 31.4. The zero-order valence-electron chi connectivity index (χ0n) is 5.39. The fourth-order valence-corrected chi connectivity index (χ4v) is 0.917. The van der Waals surface area contributed by atoms with Crippen LogP contribution in [0, 0.1) is 0 Å². The average molecular weight is 177 g/mol. The van der Waals surface area contributed by atoms with Crippen LogP contribution in [-0.4, -0.2) is 23.2 Å². The molecule has 1 fully saturated rings. The van der Waals surface area contributed by atoms with Gasteiger partial charge < -0.3 is 5.32 Å². The molecule has 1 atom stereocenters. The summed E-state index contributed by atoms with van der Waals surface area (Å²) < 4.78 is 0. The molecule has 1 unspecified atom stereocenters. The number of hydrogen-bond donors (Lipinski definition) is 2. The normalized spacial score (nSPS) is 22.8. The van der Waals surface area contributed by atoms with Gasteiger partial charge in [0, 0.05) is 0 Å². The lowest BCUT2D eigenvalue weighted by Crippen LogP contribution is -2.30. The molecule has 0 aromatic carbocycles. The molecule has 2 N–H and O–H groups in total. The number of carbonyl (C=O) groups is 3. The van der Waals surface area contributed by atoms with Crippen LogP contribution in [0.1, 0.15) is 6.42 Å². The van der Waals surface area contributed by atoms with Crippen LogP contribution in [0.15, 0.2) is 0 Å². The molecule has 0 aromatic heterocycles. The van der Waals surface area contributed by atoms with Gasteiger partial charge in [-0.2, -0.15) is 0 Å². The molecule has 11 heavy (non-hydrogen) atoms. The Balaban J connectivity index is 2.53. The molecular formula is C5H5ClN2O3. The maximum atomic E-state index is 10.7. The summed E-state index contributed by atoms with van der Waals surface area (Å²) >= 11 is 5.00. The Kier molecular flexibility index (Phi) is 2.09. The fourth-order valence-electron chi connectivity index (χ4n) is 0.763. The molecule has 0 spiro atoms. The van der Waals surface area contributed by atoms with Crippen LogP contribution in [-0.2, 0) is 9.59 Å². The molecule has 0 saturated carbocycles. The van der Waals surface area contributed by atoms with E-state index in [0.29, 0.717) is 0 Å². The van der Waals surface area contributed by atoms with E-state index < -0.39 is 23.2 Å². The highest BCUT2D eigenvalue weighted by Gasteiger charge is 2.30. The molecule has 1 aliphatic heterocycles. The molecule has 0 aliphatic carbocycles. The van der Waals surface area contributed by atoms with Crippen molar-refractivity contribution in [2.45, 2.75) is 12.5 Å². The molecule has 0 radical (unpaired) electrons. The van der Waals surface area contributed by atoms with E-state index in [-0.39, 0.29) is 6.42 Å². The van der Waals surface area contributed by atoms with E-state index in [0.717, 1.165) is 0 Å². The van der Waals surface area contributed by atoms with Crippen LogP contribution in [0.3, 0.4) is 0 Å². The quantitative estimate of drug-likeness (QED) is 0.434. The molecule has 3 amide bonds. The van der Waals surface area contributed by atoms with Crippen molar-refractivity contribution in [1.82, 2.24) is 10.6 Å². The summed E-state index contributed by atoms with van der Waals surface area (Å²) in [5, 5.41) is 3.56. The smallest absolute Gasteiger partial charge is 0.322 e. The van der Waals surface area contributed by atoms with Crippen LogP contribution in [0.5, 0.6) is 0 Å². The van der Waals surface area contributed by atoms with E-state index in [1.807, 2.05) is 5.32 Å². The number of urea groups is 1. The summed E-state index contributed by atoms with van der Waals surface area (Å²) in [6.45, 7) is 0. The van der Waals surface area contributed by atoms with Crippen LogP contribution < -0.4 is 10.6 Å². The van der Waals surface area contributed by atoms with Crippen LogP contribution in [0.25, 0.3) is 0 Å². The van der Waals surface area contributed by atoms with Crippen molar-refractivity contribution < 1.29 is 14.4 Å². The van der Waals surface area contributed by atoms with Crippen LogP contribution in [0.2, 0.25) is 0 Å². The predicted octanol–water partition coefficient (Wildman–Crippen LogP) is -0.650. The maximum absolute atomic E-state index is 10.7. The van der Waals surface area contributed by atoms with Crippen molar-refractivity contribution >= 4 is 28.8 Å². The molecule has 0 aromatic rings. The Morgan fingerprint density at radius 3 is 2.55 bits per heavy atom. The highest BCUT2D eigenvalue weighted by Crippen LogP contribution is 2.01. The summed E-state index contributed by atoms with van der Waals surface area (Å²) in [5.74, 6) is -0.510. The van der Waals surface area contributed by atoms with Gasteiger partial charge in [0.2, 0.25) is 5.24 Å². The highest BCUT2D eigenvalue weighted by molar-refractivity contribution is 6.63. The lowest BCUT2D eigenvalue weighted by molar-refractivity contribution is -0.122. The average Bonchev–Trinajstić information content (AvgIpc) is 2.09. The van der Waals surface area contributed by atoms with Crippen molar-refractivity contribution in [3.63, 3.8) is 0 Å². The predicted molar refractivity (Wildman–Crippen MR) is 35.9 cm³/mol. The Bertz CT molecular complexity index is 228. The SMILES string of the molecule is O=C(Cl)CC1NC(=O)NC1=O. The van der Waals surface area contributed by atoms with Gasteiger partial charge in [0.25, 0.3) is 5.91 Å². The molecule has 5 nitrogen and oxygen atoms in total. The number of halogens is 1. The fraction of sp³-hybridized carbons (Fsp3) is 0.400. The molecule has 60 valence electrons. The minimum absolute atomic E-state index is 0.168. The molecule has 1 aliphatic rings. The summed E-state index contributed by atoms with van der Waals surface area (Å²) in [6, 6.07) is -1.38. The molecule has 6 heteroatoms. The number of nitrogens with one attached hydrogen (secondary N) is 2. The monoisotopic (exact) mass is 176 g/mol. The van der Waals surface area contributed by atoms with Gasteiger partial charge in [-0.25, -0.2) is 4.79 Å². The summed E-state index contributed by atoms with van der Waals surface area (Å²) in [6.07, 6.45) is -0.168. The second-order valence-corrected chi connectivity index (χ2v) is 2.50. The molecule has 1 heterocycles. The second kappa shape index (κ2) is 2.87. The second-order valence-electron chi connectivity index (χ2n) is 2.07. The van der Waals surface area contributed by atoms with Crippen LogP contribution >= 0.6 is 11.6 Å². The zero-order valence-corrected chi connectivity index (χ0v) is 6.14. The van der Waals surface area contributed by atoms with E-state index in [4.69, 9.17) is 11.6 Å². The Morgan fingerprint density at radius 2 is 2.18 bits per heavy atom. The Hall–Kier alpha value is -1.10.